The molecule has 0 fully saturated rings. The number of amides is 2. The predicted octanol–water partition coefficient (Wildman–Crippen LogP) is 1.57. The van der Waals surface area contributed by atoms with Crippen LogP contribution in [0.4, 0.5) is 10.5 Å². The molecular formula is C12H17N3O3. The summed E-state index contributed by atoms with van der Waals surface area (Å²) in [6.45, 7) is 3.56. The number of hydrogen-bond donors (Lipinski definition) is 2. The van der Waals surface area contributed by atoms with Gasteiger partial charge in [-0.05, 0) is 19.1 Å². The van der Waals surface area contributed by atoms with Crippen molar-refractivity contribution in [3.63, 3.8) is 0 Å². The number of carbonyl (C=O) groups is 2. The molecule has 6 nitrogen and oxygen atoms in total. The van der Waals surface area contributed by atoms with E-state index in [9.17, 15) is 9.59 Å². The zero-order valence-corrected chi connectivity index (χ0v) is 10.7. The van der Waals surface area contributed by atoms with Gasteiger partial charge in [0.05, 0.1) is 17.8 Å². The summed E-state index contributed by atoms with van der Waals surface area (Å²) in [4.78, 5) is 27.8. The van der Waals surface area contributed by atoms with E-state index in [1.807, 2.05) is 6.92 Å². The first kappa shape index (κ1) is 14.0. The Kier molecular flexibility index (Phi) is 4.65. The van der Waals surface area contributed by atoms with E-state index in [-0.39, 0.29) is 12.6 Å². The summed E-state index contributed by atoms with van der Waals surface area (Å²) in [6, 6.07) is 3.18. The van der Waals surface area contributed by atoms with Gasteiger partial charge in [-0.1, -0.05) is 6.92 Å². The highest BCUT2D eigenvalue weighted by Gasteiger charge is 2.17. The van der Waals surface area contributed by atoms with E-state index in [4.69, 9.17) is 5.11 Å². The number of rotatable bonds is 4. The standard InChI is InChI=1S/C12H17N3O3/c1-8(11(16)17)7-15(3)12(18)14-10-5-4-9(2)13-6-10/h4-6,8H,7H2,1-3H3,(H,14,18)(H,16,17). The van der Waals surface area contributed by atoms with Gasteiger partial charge in [0.1, 0.15) is 0 Å². The number of aliphatic carboxylic acids is 1. The molecule has 1 aromatic rings. The largest absolute Gasteiger partial charge is 0.481 e. The monoisotopic (exact) mass is 251 g/mol. The van der Waals surface area contributed by atoms with Crippen LogP contribution in [0.15, 0.2) is 18.3 Å². The molecule has 0 saturated carbocycles. The predicted molar refractivity (Wildman–Crippen MR) is 67.4 cm³/mol. The Morgan fingerprint density at radius 2 is 2.17 bits per heavy atom. The molecule has 18 heavy (non-hydrogen) atoms. The van der Waals surface area contributed by atoms with E-state index in [0.717, 1.165) is 5.69 Å². The summed E-state index contributed by atoms with van der Waals surface area (Å²) in [5, 5.41) is 11.4. The summed E-state index contributed by atoms with van der Waals surface area (Å²) >= 11 is 0. The van der Waals surface area contributed by atoms with Crippen LogP contribution >= 0.6 is 0 Å². The Hall–Kier alpha value is -2.11. The molecule has 1 atom stereocenters. The number of carboxylic acid groups (broad SMARTS) is 1. The fourth-order valence-corrected chi connectivity index (χ4v) is 1.33. The van der Waals surface area contributed by atoms with E-state index in [1.165, 1.54) is 4.90 Å². The molecule has 2 N–H and O–H groups in total. The van der Waals surface area contributed by atoms with E-state index in [2.05, 4.69) is 10.3 Å². The molecule has 1 rings (SSSR count). The van der Waals surface area contributed by atoms with Crippen molar-refractivity contribution in [2.75, 3.05) is 18.9 Å². The van der Waals surface area contributed by atoms with Gasteiger partial charge in [0.2, 0.25) is 0 Å². The quantitative estimate of drug-likeness (QED) is 0.851. The second kappa shape index (κ2) is 6.00. The van der Waals surface area contributed by atoms with Crippen LogP contribution in [0.5, 0.6) is 0 Å². The summed E-state index contributed by atoms with van der Waals surface area (Å²) in [6.07, 6.45) is 1.56. The van der Waals surface area contributed by atoms with Gasteiger partial charge in [0.15, 0.2) is 0 Å². The third-order valence-electron chi connectivity index (χ3n) is 2.48. The van der Waals surface area contributed by atoms with E-state index >= 15 is 0 Å². The zero-order valence-electron chi connectivity index (χ0n) is 10.7. The third kappa shape index (κ3) is 4.04. The fraction of sp³-hybridized carbons (Fsp3) is 0.417. The molecule has 0 aromatic carbocycles. The van der Waals surface area contributed by atoms with Crippen LogP contribution in [-0.4, -0.2) is 40.6 Å². The first-order valence-corrected chi connectivity index (χ1v) is 5.57. The molecule has 98 valence electrons. The molecule has 0 aliphatic rings. The van der Waals surface area contributed by atoms with Crippen LogP contribution < -0.4 is 5.32 Å². The molecule has 0 spiro atoms. The highest BCUT2D eigenvalue weighted by Crippen LogP contribution is 2.07. The number of aryl methyl sites for hydroxylation is 1. The van der Waals surface area contributed by atoms with Crippen molar-refractivity contribution < 1.29 is 14.7 Å². The van der Waals surface area contributed by atoms with Gasteiger partial charge in [-0.25, -0.2) is 4.79 Å². The number of pyridine rings is 1. The second-order valence-electron chi connectivity index (χ2n) is 4.24. The van der Waals surface area contributed by atoms with Crippen molar-refractivity contribution in [1.82, 2.24) is 9.88 Å². The number of carbonyl (C=O) groups excluding carboxylic acids is 1. The lowest BCUT2D eigenvalue weighted by Gasteiger charge is -2.19. The first-order valence-electron chi connectivity index (χ1n) is 5.57. The minimum atomic E-state index is -0.924. The van der Waals surface area contributed by atoms with Gasteiger partial charge in [0, 0.05) is 19.3 Å². The van der Waals surface area contributed by atoms with Crippen molar-refractivity contribution in [2.24, 2.45) is 5.92 Å². The smallest absolute Gasteiger partial charge is 0.321 e. The fourth-order valence-electron chi connectivity index (χ4n) is 1.33. The first-order chi connectivity index (χ1) is 8.40. The van der Waals surface area contributed by atoms with Gasteiger partial charge in [-0.15, -0.1) is 0 Å². The van der Waals surface area contributed by atoms with Crippen LogP contribution in [0.2, 0.25) is 0 Å². The molecular weight excluding hydrogens is 234 g/mol. The molecule has 1 aromatic heterocycles. The van der Waals surface area contributed by atoms with E-state index in [0.29, 0.717) is 5.69 Å². The number of urea groups is 1. The van der Waals surface area contributed by atoms with Gasteiger partial charge < -0.3 is 15.3 Å². The maximum atomic E-state index is 11.7. The van der Waals surface area contributed by atoms with Crippen molar-refractivity contribution in [3.8, 4) is 0 Å². The molecule has 0 bridgehead atoms. The Morgan fingerprint density at radius 3 is 2.67 bits per heavy atom. The summed E-state index contributed by atoms with van der Waals surface area (Å²) in [7, 11) is 1.55. The SMILES string of the molecule is Cc1ccc(NC(=O)N(C)CC(C)C(=O)O)cn1. The highest BCUT2D eigenvalue weighted by molar-refractivity contribution is 5.89. The van der Waals surface area contributed by atoms with Crippen molar-refractivity contribution in [2.45, 2.75) is 13.8 Å². The van der Waals surface area contributed by atoms with Crippen LogP contribution in [0.1, 0.15) is 12.6 Å². The van der Waals surface area contributed by atoms with Crippen LogP contribution in [0, 0.1) is 12.8 Å². The normalized spacial score (nSPS) is 11.7. The van der Waals surface area contributed by atoms with Crippen LogP contribution in [0.25, 0.3) is 0 Å². The molecule has 0 radical (unpaired) electrons. The maximum absolute atomic E-state index is 11.7. The molecule has 6 heteroatoms. The van der Waals surface area contributed by atoms with Gasteiger partial charge in [-0.2, -0.15) is 0 Å². The van der Waals surface area contributed by atoms with Gasteiger partial charge >= 0.3 is 12.0 Å². The van der Waals surface area contributed by atoms with Crippen molar-refractivity contribution >= 4 is 17.7 Å². The van der Waals surface area contributed by atoms with Gasteiger partial charge in [0.25, 0.3) is 0 Å². The topological polar surface area (TPSA) is 82.5 Å². The minimum Gasteiger partial charge on any atom is -0.481 e. The molecule has 0 saturated heterocycles. The number of carboxylic acids is 1. The molecule has 1 heterocycles. The van der Waals surface area contributed by atoms with Crippen molar-refractivity contribution in [3.05, 3.63) is 24.0 Å². The maximum Gasteiger partial charge on any atom is 0.321 e. The number of hydrogen-bond acceptors (Lipinski definition) is 3. The number of nitrogens with one attached hydrogen (secondary N) is 1. The second-order valence-corrected chi connectivity index (χ2v) is 4.24. The average molecular weight is 251 g/mol. The Balaban J connectivity index is 2.54. The number of nitrogens with zero attached hydrogens (tertiary/aromatic N) is 2. The third-order valence-corrected chi connectivity index (χ3v) is 2.48. The van der Waals surface area contributed by atoms with E-state index < -0.39 is 11.9 Å². The summed E-state index contributed by atoms with van der Waals surface area (Å²) < 4.78 is 0. The molecule has 0 aliphatic carbocycles. The molecule has 2 amide bonds. The summed E-state index contributed by atoms with van der Waals surface area (Å²) in [5.41, 5.74) is 1.45. The zero-order chi connectivity index (χ0) is 13.7. The van der Waals surface area contributed by atoms with E-state index in [1.54, 1.807) is 32.3 Å². The molecule has 1 unspecified atom stereocenters. The van der Waals surface area contributed by atoms with Gasteiger partial charge in [-0.3, -0.25) is 9.78 Å². The van der Waals surface area contributed by atoms with Crippen molar-refractivity contribution in [1.29, 1.82) is 0 Å². The highest BCUT2D eigenvalue weighted by atomic mass is 16.4. The minimum absolute atomic E-state index is 0.153. The molecule has 0 aliphatic heterocycles. The lowest BCUT2D eigenvalue weighted by molar-refractivity contribution is -0.141. The van der Waals surface area contributed by atoms with Crippen LogP contribution in [-0.2, 0) is 4.79 Å². The lowest BCUT2D eigenvalue weighted by atomic mass is 10.2. The number of aromatic nitrogens is 1. The Bertz CT molecular complexity index is 431. The number of anilines is 1. The lowest BCUT2D eigenvalue weighted by Crippen LogP contribution is -2.36. The Morgan fingerprint density at radius 1 is 1.50 bits per heavy atom. The Labute approximate surface area is 106 Å². The van der Waals surface area contributed by atoms with Crippen LogP contribution in [0.3, 0.4) is 0 Å². The summed E-state index contributed by atoms with van der Waals surface area (Å²) in [5.74, 6) is -1.52. The average Bonchev–Trinajstić information content (AvgIpc) is 2.31.